The van der Waals surface area contributed by atoms with Crippen LogP contribution in [0.1, 0.15) is 59.3 Å². The van der Waals surface area contributed by atoms with E-state index in [0.29, 0.717) is 6.10 Å². The van der Waals surface area contributed by atoms with Crippen LogP contribution >= 0.6 is 0 Å². The summed E-state index contributed by atoms with van der Waals surface area (Å²) >= 11 is 0. The van der Waals surface area contributed by atoms with Gasteiger partial charge in [0.15, 0.2) is 0 Å². The van der Waals surface area contributed by atoms with E-state index in [-0.39, 0.29) is 0 Å². The number of hydrogen-bond acceptors (Lipinski definition) is 1. The van der Waals surface area contributed by atoms with E-state index in [4.69, 9.17) is 4.43 Å². The molecule has 0 spiro atoms. The highest BCUT2D eigenvalue weighted by atomic mass is 28.2. The van der Waals surface area contributed by atoms with Gasteiger partial charge in [0.05, 0.1) is 6.10 Å². The Labute approximate surface area is 92.5 Å². The predicted molar refractivity (Wildman–Crippen MR) is 67.6 cm³/mol. The Hall–Kier alpha value is -0.0831. The summed E-state index contributed by atoms with van der Waals surface area (Å²) in [5.41, 5.74) is 1.60. The monoisotopic (exact) mass is 214 g/mol. The molecule has 1 unspecified atom stereocenters. The highest BCUT2D eigenvalue weighted by molar-refractivity contribution is 5.98. The zero-order chi connectivity index (χ0) is 10.8. The molecule has 0 fully saturated rings. The minimum atomic E-state index is 0.403. The van der Waals surface area contributed by atoms with E-state index in [1.807, 2.05) is 0 Å². The molecule has 0 aliphatic heterocycles. The zero-order valence-corrected chi connectivity index (χ0v) is 12.3. The van der Waals surface area contributed by atoms with Crippen molar-refractivity contribution in [2.75, 3.05) is 0 Å². The molecule has 2 heteroatoms. The summed E-state index contributed by atoms with van der Waals surface area (Å²) in [6.45, 7) is 6.72. The molecule has 0 N–H and O–H groups in total. The fourth-order valence-corrected chi connectivity index (χ4v) is 2.12. The lowest BCUT2D eigenvalue weighted by atomic mass is 10.0. The van der Waals surface area contributed by atoms with E-state index >= 15 is 0 Å². The highest BCUT2D eigenvalue weighted by Gasteiger charge is 2.03. The maximum absolute atomic E-state index is 5.58. The summed E-state index contributed by atoms with van der Waals surface area (Å²) in [5.74, 6) is 0. The van der Waals surface area contributed by atoms with Crippen LogP contribution < -0.4 is 0 Å². The lowest BCUT2D eigenvalue weighted by Crippen LogP contribution is -2.08. The van der Waals surface area contributed by atoms with E-state index < -0.39 is 0 Å². The largest absolute Gasteiger partial charge is 0.422 e. The van der Waals surface area contributed by atoms with Crippen LogP contribution in [-0.4, -0.2) is 16.6 Å². The molecule has 0 aliphatic rings. The van der Waals surface area contributed by atoms with Gasteiger partial charge in [0.2, 0.25) is 0 Å². The maximum atomic E-state index is 5.58. The van der Waals surface area contributed by atoms with E-state index in [1.165, 1.54) is 38.5 Å². The maximum Gasteiger partial charge on any atom is 0.146 e. The lowest BCUT2D eigenvalue weighted by Gasteiger charge is -2.13. The zero-order valence-electron chi connectivity index (χ0n) is 10.3. The van der Waals surface area contributed by atoms with E-state index in [1.54, 1.807) is 5.57 Å². The summed E-state index contributed by atoms with van der Waals surface area (Å²) < 4.78 is 5.58. The highest BCUT2D eigenvalue weighted by Crippen LogP contribution is 2.15. The third-order valence-corrected chi connectivity index (χ3v) is 3.05. The van der Waals surface area contributed by atoms with Gasteiger partial charge in [-0.05, 0) is 19.3 Å². The minimum Gasteiger partial charge on any atom is -0.422 e. The fraction of sp³-hybridized carbons (Fsp3) is 0.833. The Bertz CT molecular complexity index is 146. The summed E-state index contributed by atoms with van der Waals surface area (Å²) in [6, 6.07) is 0. The van der Waals surface area contributed by atoms with Crippen LogP contribution in [0.4, 0.5) is 0 Å². The smallest absolute Gasteiger partial charge is 0.146 e. The molecule has 84 valence electrons. The van der Waals surface area contributed by atoms with E-state index in [2.05, 4.69) is 26.8 Å². The molecule has 0 aromatic carbocycles. The van der Waals surface area contributed by atoms with E-state index in [9.17, 15) is 0 Å². The van der Waals surface area contributed by atoms with Gasteiger partial charge in [0.25, 0.3) is 0 Å². The van der Waals surface area contributed by atoms with Crippen molar-refractivity contribution in [3.8, 4) is 0 Å². The van der Waals surface area contributed by atoms with Crippen LogP contribution in [-0.2, 0) is 4.43 Å². The molecule has 0 saturated carbocycles. The first kappa shape index (κ1) is 13.9. The van der Waals surface area contributed by atoms with Gasteiger partial charge in [-0.1, -0.05) is 51.7 Å². The molecule has 0 aromatic heterocycles. The molecule has 0 heterocycles. The van der Waals surface area contributed by atoms with Gasteiger partial charge in [-0.2, -0.15) is 0 Å². The number of rotatable bonds is 8. The summed E-state index contributed by atoms with van der Waals surface area (Å²) in [7, 11) is 0.855. The second-order valence-electron chi connectivity index (χ2n) is 3.89. The van der Waals surface area contributed by atoms with Crippen LogP contribution in [0.2, 0.25) is 0 Å². The van der Waals surface area contributed by atoms with Crippen LogP contribution in [0.15, 0.2) is 11.6 Å². The van der Waals surface area contributed by atoms with Gasteiger partial charge < -0.3 is 4.43 Å². The Morgan fingerprint density at radius 2 is 1.71 bits per heavy atom. The standard InChI is InChI=1S/C12H26OSi/c1-4-7-11(8-5-2)10-12(13-14)9-6-3/h10,12H,4-9H2,1-3,14H3. The summed E-state index contributed by atoms with van der Waals surface area (Å²) in [4.78, 5) is 0. The third kappa shape index (κ3) is 6.38. The Kier molecular flexibility index (Phi) is 9.41. The third-order valence-electron chi connectivity index (χ3n) is 2.44. The fourth-order valence-electron chi connectivity index (χ4n) is 1.75. The molecule has 14 heavy (non-hydrogen) atoms. The van der Waals surface area contributed by atoms with Crippen molar-refractivity contribution < 1.29 is 4.43 Å². The van der Waals surface area contributed by atoms with E-state index in [0.717, 1.165) is 10.5 Å². The second-order valence-corrected chi connectivity index (χ2v) is 4.36. The molecular weight excluding hydrogens is 188 g/mol. The molecular formula is C12H26OSi. The number of allylic oxidation sites excluding steroid dienone is 1. The summed E-state index contributed by atoms with van der Waals surface area (Å²) in [5, 5.41) is 0. The topological polar surface area (TPSA) is 9.23 Å². The Balaban J connectivity index is 4.18. The second kappa shape index (κ2) is 9.47. The predicted octanol–water partition coefficient (Wildman–Crippen LogP) is 2.98. The average Bonchev–Trinajstić information content (AvgIpc) is 2.18. The molecule has 0 aliphatic carbocycles. The van der Waals surface area contributed by atoms with Gasteiger partial charge >= 0.3 is 0 Å². The van der Waals surface area contributed by atoms with Gasteiger partial charge in [-0.3, -0.25) is 0 Å². The molecule has 1 atom stereocenters. The van der Waals surface area contributed by atoms with Crippen LogP contribution in [0.3, 0.4) is 0 Å². The molecule has 0 bridgehead atoms. The summed E-state index contributed by atoms with van der Waals surface area (Å²) in [6.07, 6.45) is 10.2. The molecule has 0 amide bonds. The van der Waals surface area contributed by atoms with Gasteiger partial charge in [-0.15, -0.1) is 0 Å². The van der Waals surface area contributed by atoms with Gasteiger partial charge in [-0.25, -0.2) is 0 Å². The van der Waals surface area contributed by atoms with Crippen molar-refractivity contribution in [2.24, 2.45) is 0 Å². The number of hydrogen-bond donors (Lipinski definition) is 0. The first-order valence-electron chi connectivity index (χ1n) is 6.00. The van der Waals surface area contributed by atoms with Gasteiger partial charge in [0, 0.05) is 0 Å². The Morgan fingerprint density at radius 3 is 2.07 bits per heavy atom. The molecule has 0 radical (unpaired) electrons. The first-order valence-corrected chi connectivity index (χ1v) is 6.82. The minimum absolute atomic E-state index is 0.403. The lowest BCUT2D eigenvalue weighted by molar-refractivity contribution is 0.259. The SMILES string of the molecule is CCCC(=CC(CCC)O[SiH3])CCC. The van der Waals surface area contributed by atoms with Crippen LogP contribution in [0.5, 0.6) is 0 Å². The quantitative estimate of drug-likeness (QED) is 0.446. The van der Waals surface area contributed by atoms with Crippen LogP contribution in [0, 0.1) is 0 Å². The van der Waals surface area contributed by atoms with Crippen molar-refractivity contribution >= 4 is 10.5 Å². The normalized spacial score (nSPS) is 12.8. The van der Waals surface area contributed by atoms with Gasteiger partial charge in [0.1, 0.15) is 10.5 Å². The van der Waals surface area contributed by atoms with Crippen molar-refractivity contribution in [1.82, 2.24) is 0 Å². The Morgan fingerprint density at radius 1 is 1.14 bits per heavy atom. The molecule has 0 saturated heterocycles. The molecule has 1 nitrogen and oxygen atoms in total. The van der Waals surface area contributed by atoms with Crippen molar-refractivity contribution in [3.05, 3.63) is 11.6 Å². The van der Waals surface area contributed by atoms with Crippen molar-refractivity contribution in [2.45, 2.75) is 65.4 Å². The van der Waals surface area contributed by atoms with Crippen LogP contribution in [0.25, 0.3) is 0 Å². The average molecular weight is 214 g/mol. The molecule has 0 rings (SSSR count). The van der Waals surface area contributed by atoms with Crippen molar-refractivity contribution in [3.63, 3.8) is 0 Å². The molecule has 0 aromatic rings. The van der Waals surface area contributed by atoms with Crippen molar-refractivity contribution in [1.29, 1.82) is 0 Å². The first-order chi connectivity index (χ1) is 6.78.